The quantitative estimate of drug-likeness (QED) is 0.549. The van der Waals surface area contributed by atoms with E-state index in [4.69, 9.17) is 4.74 Å². The number of nitrogens with zero attached hydrogens (tertiary/aromatic N) is 2. The molecule has 0 aliphatic rings. The molecule has 1 N–H and O–H groups in total. The van der Waals surface area contributed by atoms with Gasteiger partial charge in [0.05, 0.1) is 7.11 Å². The van der Waals surface area contributed by atoms with Crippen LogP contribution in [0.1, 0.15) is 37.5 Å². The van der Waals surface area contributed by atoms with Crippen molar-refractivity contribution in [2.75, 3.05) is 7.11 Å². The average molecular weight is 446 g/mol. The Morgan fingerprint density at radius 1 is 0.938 bits per heavy atom. The van der Waals surface area contributed by atoms with Gasteiger partial charge in [0, 0.05) is 23.5 Å². The minimum Gasteiger partial charge on any atom is -0.496 e. The normalized spacial score (nSPS) is 14.0. The van der Waals surface area contributed by atoms with Crippen molar-refractivity contribution in [2.24, 2.45) is 5.41 Å². The summed E-state index contributed by atoms with van der Waals surface area (Å²) in [6.45, 7) is 7.40. The standard InChI is InChI=1S/C24H25F3N2O3/c1-15-10-18(32-24(25,26)27)7-8-19(15)16-6-9-20(21(11-16)31-5)23(30,22(2,3)4)17-12-28-14-29-13-17/h6-14,30H,1-5H3. The average Bonchev–Trinajstić information content (AvgIpc) is 2.71. The molecule has 2 aromatic carbocycles. The van der Waals surface area contributed by atoms with E-state index in [1.165, 1.54) is 25.6 Å². The van der Waals surface area contributed by atoms with Gasteiger partial charge in [0.25, 0.3) is 0 Å². The summed E-state index contributed by atoms with van der Waals surface area (Å²) in [5.74, 6) is 0.146. The summed E-state index contributed by atoms with van der Waals surface area (Å²) in [5.41, 5.74) is 0.985. The molecule has 8 heteroatoms. The first-order valence-electron chi connectivity index (χ1n) is 9.90. The number of methoxy groups -OCH3 is 1. The van der Waals surface area contributed by atoms with Crippen LogP contribution in [-0.2, 0) is 5.60 Å². The van der Waals surface area contributed by atoms with E-state index in [-0.39, 0.29) is 5.75 Å². The first kappa shape index (κ1) is 23.5. The van der Waals surface area contributed by atoms with Crippen LogP contribution in [0.4, 0.5) is 13.2 Å². The topological polar surface area (TPSA) is 64.5 Å². The van der Waals surface area contributed by atoms with Crippen molar-refractivity contribution in [1.82, 2.24) is 9.97 Å². The Kier molecular flexibility index (Phi) is 6.20. The summed E-state index contributed by atoms with van der Waals surface area (Å²) in [5, 5.41) is 11.9. The molecule has 1 unspecified atom stereocenters. The van der Waals surface area contributed by atoms with Gasteiger partial charge < -0.3 is 14.6 Å². The number of alkyl halides is 3. The molecule has 0 radical (unpaired) electrons. The third-order valence-electron chi connectivity index (χ3n) is 5.40. The molecule has 1 atom stereocenters. The summed E-state index contributed by atoms with van der Waals surface area (Å²) in [7, 11) is 1.50. The summed E-state index contributed by atoms with van der Waals surface area (Å²) >= 11 is 0. The molecule has 0 amide bonds. The summed E-state index contributed by atoms with van der Waals surface area (Å²) < 4.78 is 47.2. The highest BCUT2D eigenvalue weighted by atomic mass is 19.4. The smallest absolute Gasteiger partial charge is 0.496 e. The molecule has 170 valence electrons. The molecular formula is C24H25F3N2O3. The number of hydrogen-bond acceptors (Lipinski definition) is 5. The van der Waals surface area contributed by atoms with E-state index in [0.29, 0.717) is 28.0 Å². The van der Waals surface area contributed by atoms with Crippen molar-refractivity contribution in [3.63, 3.8) is 0 Å². The third kappa shape index (κ3) is 4.55. The van der Waals surface area contributed by atoms with E-state index < -0.39 is 17.4 Å². The number of rotatable bonds is 5. The molecular weight excluding hydrogens is 421 g/mol. The molecule has 1 aromatic heterocycles. The van der Waals surface area contributed by atoms with E-state index in [1.54, 1.807) is 43.6 Å². The van der Waals surface area contributed by atoms with E-state index >= 15 is 0 Å². The van der Waals surface area contributed by atoms with Crippen molar-refractivity contribution in [3.05, 3.63) is 71.8 Å². The molecule has 0 fully saturated rings. The maximum Gasteiger partial charge on any atom is 0.573 e. The molecule has 1 heterocycles. The monoisotopic (exact) mass is 446 g/mol. The highest BCUT2D eigenvalue weighted by Crippen LogP contribution is 2.48. The van der Waals surface area contributed by atoms with E-state index in [2.05, 4.69) is 14.7 Å². The van der Waals surface area contributed by atoms with Gasteiger partial charge in [0.1, 0.15) is 23.4 Å². The third-order valence-corrected chi connectivity index (χ3v) is 5.40. The van der Waals surface area contributed by atoms with Crippen molar-refractivity contribution >= 4 is 0 Å². The first-order valence-corrected chi connectivity index (χ1v) is 9.90. The second kappa shape index (κ2) is 8.43. The first-order chi connectivity index (χ1) is 14.9. The fraction of sp³-hybridized carbons (Fsp3) is 0.333. The largest absolute Gasteiger partial charge is 0.573 e. The lowest BCUT2D eigenvalue weighted by Crippen LogP contribution is -2.41. The van der Waals surface area contributed by atoms with Crippen molar-refractivity contribution in [3.8, 4) is 22.6 Å². The van der Waals surface area contributed by atoms with Gasteiger partial charge in [0.15, 0.2) is 0 Å². The van der Waals surface area contributed by atoms with Crippen LogP contribution < -0.4 is 9.47 Å². The van der Waals surface area contributed by atoms with Crippen LogP contribution in [0, 0.1) is 12.3 Å². The second-order valence-electron chi connectivity index (χ2n) is 8.53. The van der Waals surface area contributed by atoms with Crippen LogP contribution in [0.25, 0.3) is 11.1 Å². The van der Waals surface area contributed by atoms with Crippen molar-refractivity contribution in [2.45, 2.75) is 39.7 Å². The minimum absolute atomic E-state index is 0.284. The molecule has 0 saturated carbocycles. The molecule has 3 rings (SSSR count). The number of aliphatic hydroxyl groups is 1. The number of ether oxygens (including phenoxy) is 2. The van der Waals surface area contributed by atoms with Gasteiger partial charge in [-0.2, -0.15) is 0 Å². The molecule has 3 aromatic rings. The Balaban J connectivity index is 2.10. The van der Waals surface area contributed by atoms with E-state index in [0.717, 1.165) is 5.56 Å². The lowest BCUT2D eigenvalue weighted by molar-refractivity contribution is -0.274. The van der Waals surface area contributed by atoms with Crippen LogP contribution in [0.3, 0.4) is 0 Å². The lowest BCUT2D eigenvalue weighted by atomic mass is 9.68. The molecule has 0 aliphatic heterocycles. The van der Waals surface area contributed by atoms with Gasteiger partial charge in [-0.1, -0.05) is 39.0 Å². The van der Waals surface area contributed by atoms with Crippen LogP contribution in [-0.4, -0.2) is 28.5 Å². The zero-order valence-electron chi connectivity index (χ0n) is 18.5. The fourth-order valence-corrected chi connectivity index (χ4v) is 3.79. The highest BCUT2D eigenvalue weighted by Gasteiger charge is 2.45. The van der Waals surface area contributed by atoms with Crippen LogP contribution in [0.2, 0.25) is 0 Å². The predicted molar refractivity (Wildman–Crippen MR) is 114 cm³/mol. The Bertz CT molecular complexity index is 1100. The molecule has 0 aliphatic carbocycles. The maximum atomic E-state index is 12.5. The molecule has 0 spiro atoms. The number of halogens is 3. The highest BCUT2D eigenvalue weighted by molar-refractivity contribution is 5.71. The van der Waals surface area contributed by atoms with Gasteiger partial charge in [-0.15, -0.1) is 13.2 Å². The van der Waals surface area contributed by atoms with Crippen LogP contribution in [0.15, 0.2) is 55.1 Å². The zero-order chi connectivity index (χ0) is 23.7. The van der Waals surface area contributed by atoms with Crippen LogP contribution in [0.5, 0.6) is 11.5 Å². The number of aromatic nitrogens is 2. The molecule has 0 bridgehead atoms. The second-order valence-corrected chi connectivity index (χ2v) is 8.53. The fourth-order valence-electron chi connectivity index (χ4n) is 3.79. The zero-order valence-corrected chi connectivity index (χ0v) is 18.5. The van der Waals surface area contributed by atoms with Gasteiger partial charge in [-0.25, -0.2) is 9.97 Å². The Morgan fingerprint density at radius 2 is 1.59 bits per heavy atom. The molecule has 5 nitrogen and oxygen atoms in total. The van der Waals surface area contributed by atoms with Gasteiger partial charge in [0.2, 0.25) is 0 Å². The Morgan fingerprint density at radius 3 is 2.12 bits per heavy atom. The maximum absolute atomic E-state index is 12.5. The SMILES string of the molecule is COc1cc(-c2ccc(OC(F)(F)F)cc2C)ccc1C(O)(c1cncnc1)C(C)(C)C. The van der Waals surface area contributed by atoms with Crippen molar-refractivity contribution < 1.29 is 27.8 Å². The van der Waals surface area contributed by atoms with Crippen molar-refractivity contribution in [1.29, 1.82) is 0 Å². The number of hydrogen-bond donors (Lipinski definition) is 1. The number of benzene rings is 2. The number of aryl methyl sites for hydroxylation is 1. The summed E-state index contributed by atoms with van der Waals surface area (Å²) in [6, 6.07) is 9.46. The summed E-state index contributed by atoms with van der Waals surface area (Å²) in [6.07, 6.45) is -0.233. The van der Waals surface area contributed by atoms with E-state index in [9.17, 15) is 18.3 Å². The van der Waals surface area contributed by atoms with Gasteiger partial charge >= 0.3 is 6.36 Å². The predicted octanol–water partition coefficient (Wildman–Crippen LogP) is 5.64. The van der Waals surface area contributed by atoms with Crippen LogP contribution >= 0.6 is 0 Å². The minimum atomic E-state index is -4.75. The lowest BCUT2D eigenvalue weighted by Gasteiger charge is -2.41. The van der Waals surface area contributed by atoms with Gasteiger partial charge in [-0.05, 0) is 47.2 Å². The summed E-state index contributed by atoms with van der Waals surface area (Å²) in [4.78, 5) is 8.10. The van der Waals surface area contributed by atoms with Gasteiger partial charge in [-0.3, -0.25) is 0 Å². The van der Waals surface area contributed by atoms with E-state index in [1.807, 2.05) is 20.8 Å². The molecule has 32 heavy (non-hydrogen) atoms. The Hall–Kier alpha value is -3.13. The Labute approximate surface area is 184 Å². The molecule has 0 saturated heterocycles.